The fourth-order valence-corrected chi connectivity index (χ4v) is 2.19. The van der Waals surface area contributed by atoms with Gasteiger partial charge in [0.05, 0.1) is 0 Å². The van der Waals surface area contributed by atoms with Crippen molar-refractivity contribution < 1.29 is 4.79 Å². The Kier molecular flexibility index (Phi) is 4.14. The van der Waals surface area contributed by atoms with Gasteiger partial charge >= 0.3 is 0 Å². The number of rotatable bonds is 2. The van der Waals surface area contributed by atoms with Crippen LogP contribution in [0.5, 0.6) is 0 Å². The summed E-state index contributed by atoms with van der Waals surface area (Å²) in [5.74, 6) is 0.278. The zero-order valence-electron chi connectivity index (χ0n) is 10.3. The Balaban J connectivity index is 2.67. The van der Waals surface area contributed by atoms with E-state index in [9.17, 15) is 4.79 Å². The summed E-state index contributed by atoms with van der Waals surface area (Å²) in [7, 11) is 0. The average Bonchev–Trinajstić information content (AvgIpc) is 2.17. The molecule has 1 atom stereocenters. The lowest BCUT2D eigenvalue weighted by Crippen LogP contribution is -2.49. The van der Waals surface area contributed by atoms with Gasteiger partial charge in [-0.05, 0) is 32.2 Å². The summed E-state index contributed by atoms with van der Waals surface area (Å²) in [4.78, 5) is 14.2. The standard InChI is InChI=1S/C12H24N2O/c1-12(2,3)11(15)14-9-5-4-6-10(14)7-8-13/h10H,4-9,13H2,1-3H3. The van der Waals surface area contributed by atoms with Crippen LogP contribution in [0.4, 0.5) is 0 Å². The zero-order valence-corrected chi connectivity index (χ0v) is 10.3. The Morgan fingerprint density at radius 2 is 2.07 bits per heavy atom. The maximum atomic E-state index is 12.2. The monoisotopic (exact) mass is 212 g/mol. The molecule has 2 N–H and O–H groups in total. The van der Waals surface area contributed by atoms with Gasteiger partial charge in [0.2, 0.25) is 5.91 Å². The first-order chi connectivity index (χ1) is 6.96. The Labute approximate surface area is 93.0 Å². The van der Waals surface area contributed by atoms with E-state index in [1.54, 1.807) is 0 Å². The number of likely N-dealkylation sites (tertiary alicyclic amines) is 1. The number of carbonyl (C=O) groups excluding carboxylic acids is 1. The van der Waals surface area contributed by atoms with Crippen molar-refractivity contribution >= 4 is 5.91 Å². The van der Waals surface area contributed by atoms with Gasteiger partial charge in [-0.2, -0.15) is 0 Å². The first kappa shape index (κ1) is 12.5. The summed E-state index contributed by atoms with van der Waals surface area (Å²) in [5, 5.41) is 0. The Hall–Kier alpha value is -0.570. The van der Waals surface area contributed by atoms with Gasteiger partial charge in [0.15, 0.2) is 0 Å². The molecule has 1 aliphatic rings. The van der Waals surface area contributed by atoms with Crippen molar-refractivity contribution in [3.63, 3.8) is 0 Å². The number of piperidine rings is 1. The smallest absolute Gasteiger partial charge is 0.228 e. The Morgan fingerprint density at radius 1 is 1.40 bits per heavy atom. The molecule has 1 rings (SSSR count). The third-order valence-electron chi connectivity index (χ3n) is 3.03. The van der Waals surface area contributed by atoms with Crippen LogP contribution in [-0.2, 0) is 4.79 Å². The first-order valence-corrected chi connectivity index (χ1v) is 5.98. The molecule has 0 saturated carbocycles. The average molecular weight is 212 g/mol. The van der Waals surface area contributed by atoms with E-state index in [1.165, 1.54) is 6.42 Å². The molecule has 0 aromatic rings. The second-order valence-corrected chi connectivity index (χ2v) is 5.48. The van der Waals surface area contributed by atoms with Gasteiger partial charge in [0.25, 0.3) is 0 Å². The molecule has 0 aromatic heterocycles. The number of nitrogens with two attached hydrogens (primary N) is 1. The predicted molar refractivity (Wildman–Crippen MR) is 62.5 cm³/mol. The molecule has 0 spiro atoms. The lowest BCUT2D eigenvalue weighted by atomic mass is 9.90. The van der Waals surface area contributed by atoms with Crippen LogP contribution in [0.2, 0.25) is 0 Å². The van der Waals surface area contributed by atoms with Crippen LogP contribution in [-0.4, -0.2) is 29.9 Å². The highest BCUT2D eigenvalue weighted by molar-refractivity contribution is 5.81. The molecule has 1 unspecified atom stereocenters. The predicted octanol–water partition coefficient (Wildman–Crippen LogP) is 1.76. The van der Waals surface area contributed by atoms with Gasteiger partial charge in [0.1, 0.15) is 0 Å². The van der Waals surface area contributed by atoms with Gasteiger partial charge in [0, 0.05) is 18.0 Å². The Morgan fingerprint density at radius 3 is 2.60 bits per heavy atom. The quantitative estimate of drug-likeness (QED) is 0.758. The maximum absolute atomic E-state index is 12.2. The summed E-state index contributed by atoms with van der Waals surface area (Å²) in [6.07, 6.45) is 4.45. The summed E-state index contributed by atoms with van der Waals surface area (Å²) < 4.78 is 0. The second kappa shape index (κ2) is 4.97. The summed E-state index contributed by atoms with van der Waals surface area (Å²) in [6, 6.07) is 0.385. The largest absolute Gasteiger partial charge is 0.339 e. The van der Waals surface area contributed by atoms with Crippen molar-refractivity contribution in [2.45, 2.75) is 52.5 Å². The van der Waals surface area contributed by atoms with Crippen LogP contribution in [0.3, 0.4) is 0 Å². The van der Waals surface area contributed by atoms with Crippen LogP contribution in [0, 0.1) is 5.41 Å². The molecule has 1 saturated heterocycles. The fraction of sp³-hybridized carbons (Fsp3) is 0.917. The summed E-state index contributed by atoms with van der Waals surface area (Å²) in [6.45, 7) is 7.57. The molecular formula is C12H24N2O. The van der Waals surface area contributed by atoms with Crippen LogP contribution in [0.25, 0.3) is 0 Å². The molecule has 3 nitrogen and oxygen atoms in total. The number of amides is 1. The Bertz CT molecular complexity index is 218. The number of hydrogen-bond donors (Lipinski definition) is 1. The van der Waals surface area contributed by atoms with Crippen molar-refractivity contribution in [3.05, 3.63) is 0 Å². The van der Waals surface area contributed by atoms with E-state index < -0.39 is 0 Å². The SMILES string of the molecule is CC(C)(C)C(=O)N1CCCCC1CCN. The normalized spacial score (nSPS) is 22.9. The van der Waals surface area contributed by atoms with Crippen molar-refractivity contribution in [3.8, 4) is 0 Å². The van der Waals surface area contributed by atoms with Crippen molar-refractivity contribution in [2.75, 3.05) is 13.1 Å². The van der Waals surface area contributed by atoms with Crippen molar-refractivity contribution in [1.29, 1.82) is 0 Å². The highest BCUT2D eigenvalue weighted by Crippen LogP contribution is 2.25. The highest BCUT2D eigenvalue weighted by atomic mass is 16.2. The maximum Gasteiger partial charge on any atom is 0.228 e. The van der Waals surface area contributed by atoms with Gasteiger partial charge < -0.3 is 10.6 Å². The molecule has 88 valence electrons. The number of hydrogen-bond acceptors (Lipinski definition) is 2. The molecule has 0 aliphatic carbocycles. The second-order valence-electron chi connectivity index (χ2n) is 5.48. The lowest BCUT2D eigenvalue weighted by Gasteiger charge is -2.39. The number of nitrogens with zero attached hydrogens (tertiary/aromatic N) is 1. The molecule has 3 heteroatoms. The van der Waals surface area contributed by atoms with E-state index in [2.05, 4.69) is 4.90 Å². The van der Waals surface area contributed by atoms with Gasteiger partial charge in [-0.25, -0.2) is 0 Å². The van der Waals surface area contributed by atoms with Crippen molar-refractivity contribution in [2.24, 2.45) is 11.1 Å². The molecule has 1 amide bonds. The van der Waals surface area contributed by atoms with E-state index >= 15 is 0 Å². The van der Waals surface area contributed by atoms with E-state index in [0.717, 1.165) is 25.8 Å². The minimum atomic E-state index is -0.260. The topological polar surface area (TPSA) is 46.3 Å². The van der Waals surface area contributed by atoms with E-state index in [1.807, 2.05) is 20.8 Å². The van der Waals surface area contributed by atoms with Crippen LogP contribution >= 0.6 is 0 Å². The van der Waals surface area contributed by atoms with E-state index in [0.29, 0.717) is 12.6 Å². The fourth-order valence-electron chi connectivity index (χ4n) is 2.19. The van der Waals surface area contributed by atoms with Crippen LogP contribution in [0.1, 0.15) is 46.5 Å². The molecule has 1 fully saturated rings. The van der Waals surface area contributed by atoms with Gasteiger partial charge in [-0.1, -0.05) is 20.8 Å². The number of carbonyl (C=O) groups is 1. The minimum Gasteiger partial charge on any atom is -0.339 e. The van der Waals surface area contributed by atoms with Crippen molar-refractivity contribution in [1.82, 2.24) is 4.90 Å². The molecular weight excluding hydrogens is 188 g/mol. The van der Waals surface area contributed by atoms with E-state index in [4.69, 9.17) is 5.73 Å². The molecule has 1 heterocycles. The van der Waals surface area contributed by atoms with E-state index in [-0.39, 0.29) is 11.3 Å². The third-order valence-corrected chi connectivity index (χ3v) is 3.03. The first-order valence-electron chi connectivity index (χ1n) is 5.98. The highest BCUT2D eigenvalue weighted by Gasteiger charge is 2.32. The van der Waals surface area contributed by atoms with Crippen LogP contribution < -0.4 is 5.73 Å². The molecule has 0 radical (unpaired) electrons. The lowest BCUT2D eigenvalue weighted by molar-refractivity contribution is -0.143. The molecule has 15 heavy (non-hydrogen) atoms. The zero-order chi connectivity index (χ0) is 11.5. The minimum absolute atomic E-state index is 0.260. The summed E-state index contributed by atoms with van der Waals surface area (Å²) >= 11 is 0. The third kappa shape index (κ3) is 3.20. The molecule has 0 aromatic carbocycles. The molecule has 0 bridgehead atoms. The van der Waals surface area contributed by atoms with Gasteiger partial charge in [-0.3, -0.25) is 4.79 Å². The van der Waals surface area contributed by atoms with Gasteiger partial charge in [-0.15, -0.1) is 0 Å². The van der Waals surface area contributed by atoms with Crippen LogP contribution in [0.15, 0.2) is 0 Å². The molecule has 1 aliphatic heterocycles. The summed E-state index contributed by atoms with van der Waals surface area (Å²) in [5.41, 5.74) is 5.33.